The van der Waals surface area contributed by atoms with Crippen molar-refractivity contribution in [2.75, 3.05) is 20.3 Å². The van der Waals surface area contributed by atoms with Gasteiger partial charge in [0, 0.05) is 45.0 Å². The Morgan fingerprint density at radius 1 is 1.56 bits per heavy atom. The molecular formula is C12H21N3O. The normalized spacial score (nSPS) is 17.2. The van der Waals surface area contributed by atoms with Crippen LogP contribution in [0.4, 0.5) is 0 Å². The quantitative estimate of drug-likeness (QED) is 0.839. The zero-order chi connectivity index (χ0) is 11.5. The topological polar surface area (TPSA) is 39.1 Å². The van der Waals surface area contributed by atoms with Gasteiger partial charge in [0.2, 0.25) is 0 Å². The van der Waals surface area contributed by atoms with Gasteiger partial charge >= 0.3 is 0 Å². The summed E-state index contributed by atoms with van der Waals surface area (Å²) in [5.74, 6) is 1.14. The molecule has 0 fully saturated rings. The Balaban J connectivity index is 2.22. The Bertz CT molecular complexity index is 359. The van der Waals surface area contributed by atoms with Gasteiger partial charge in [0.1, 0.15) is 5.82 Å². The summed E-state index contributed by atoms with van der Waals surface area (Å²) < 4.78 is 7.53. The smallest absolute Gasteiger partial charge is 0.106 e. The maximum absolute atomic E-state index is 5.15. The minimum absolute atomic E-state index is 0.481. The van der Waals surface area contributed by atoms with Gasteiger partial charge in [-0.15, -0.1) is 0 Å². The van der Waals surface area contributed by atoms with Crippen LogP contribution in [0.2, 0.25) is 0 Å². The highest BCUT2D eigenvalue weighted by Crippen LogP contribution is 2.22. The number of hydrogen-bond acceptors (Lipinski definition) is 3. The number of methoxy groups -OCH3 is 1. The molecule has 90 valence electrons. The fraction of sp³-hybridized carbons (Fsp3) is 0.750. The minimum atomic E-state index is 0.481. The van der Waals surface area contributed by atoms with Gasteiger partial charge in [-0.3, -0.25) is 0 Å². The molecular weight excluding hydrogens is 202 g/mol. The highest BCUT2D eigenvalue weighted by molar-refractivity contribution is 5.20. The first-order valence-electron chi connectivity index (χ1n) is 6.00. The van der Waals surface area contributed by atoms with Crippen molar-refractivity contribution in [1.29, 1.82) is 0 Å². The van der Waals surface area contributed by atoms with Crippen LogP contribution in [0.15, 0.2) is 0 Å². The van der Waals surface area contributed by atoms with E-state index < -0.39 is 0 Å². The lowest BCUT2D eigenvalue weighted by molar-refractivity contribution is 0.180. The molecule has 0 spiro atoms. The van der Waals surface area contributed by atoms with Crippen molar-refractivity contribution < 1.29 is 4.74 Å². The average Bonchev–Trinajstić information content (AvgIpc) is 2.62. The van der Waals surface area contributed by atoms with Crippen molar-refractivity contribution in [3.8, 4) is 0 Å². The molecule has 0 bridgehead atoms. The van der Waals surface area contributed by atoms with Crippen LogP contribution in [0.25, 0.3) is 0 Å². The van der Waals surface area contributed by atoms with Gasteiger partial charge < -0.3 is 14.6 Å². The molecule has 4 heteroatoms. The molecule has 1 aromatic heterocycles. The molecule has 0 amide bonds. The number of nitrogens with zero attached hydrogens (tertiary/aromatic N) is 2. The predicted molar refractivity (Wildman–Crippen MR) is 63.6 cm³/mol. The van der Waals surface area contributed by atoms with E-state index in [-0.39, 0.29) is 0 Å². The second-order valence-electron chi connectivity index (χ2n) is 4.48. The van der Waals surface area contributed by atoms with Crippen molar-refractivity contribution >= 4 is 0 Å². The third kappa shape index (κ3) is 2.13. The maximum Gasteiger partial charge on any atom is 0.106 e. The van der Waals surface area contributed by atoms with Crippen molar-refractivity contribution in [3.63, 3.8) is 0 Å². The SMILES string of the molecule is COCCC(C)n1c(C)nc2c1CCNC2. The number of ether oxygens (including phenoxy) is 1. The molecule has 1 aromatic rings. The highest BCUT2D eigenvalue weighted by atomic mass is 16.5. The van der Waals surface area contributed by atoms with Crippen LogP contribution in [0.1, 0.15) is 36.6 Å². The molecule has 0 aromatic carbocycles. The first kappa shape index (κ1) is 11.6. The van der Waals surface area contributed by atoms with Gasteiger partial charge in [0.25, 0.3) is 0 Å². The van der Waals surface area contributed by atoms with Gasteiger partial charge in [-0.1, -0.05) is 0 Å². The zero-order valence-electron chi connectivity index (χ0n) is 10.4. The molecule has 0 saturated carbocycles. The number of imidazole rings is 1. The Labute approximate surface area is 97.0 Å². The lowest BCUT2D eigenvalue weighted by Crippen LogP contribution is -2.26. The van der Waals surface area contributed by atoms with E-state index in [9.17, 15) is 0 Å². The van der Waals surface area contributed by atoms with Crippen LogP contribution in [0, 0.1) is 6.92 Å². The van der Waals surface area contributed by atoms with E-state index in [1.807, 2.05) is 0 Å². The van der Waals surface area contributed by atoms with Crippen molar-refractivity contribution in [2.45, 2.75) is 39.3 Å². The van der Waals surface area contributed by atoms with Gasteiger partial charge in [0.15, 0.2) is 0 Å². The van der Waals surface area contributed by atoms with Crippen LogP contribution in [0.3, 0.4) is 0 Å². The van der Waals surface area contributed by atoms with Gasteiger partial charge in [-0.2, -0.15) is 0 Å². The molecule has 0 radical (unpaired) electrons. The summed E-state index contributed by atoms with van der Waals surface area (Å²) in [5, 5.41) is 3.36. The van der Waals surface area contributed by atoms with Crippen LogP contribution in [-0.4, -0.2) is 29.8 Å². The Hall–Kier alpha value is -0.870. The summed E-state index contributed by atoms with van der Waals surface area (Å²) in [7, 11) is 1.76. The molecule has 1 atom stereocenters. The fourth-order valence-corrected chi connectivity index (χ4v) is 2.47. The Morgan fingerprint density at radius 2 is 2.38 bits per heavy atom. The van der Waals surface area contributed by atoms with Crippen molar-refractivity contribution in [2.24, 2.45) is 0 Å². The Morgan fingerprint density at radius 3 is 3.12 bits per heavy atom. The first-order chi connectivity index (χ1) is 7.74. The number of aromatic nitrogens is 2. The summed E-state index contributed by atoms with van der Waals surface area (Å²) in [5.41, 5.74) is 2.65. The summed E-state index contributed by atoms with van der Waals surface area (Å²) >= 11 is 0. The van der Waals surface area contributed by atoms with E-state index >= 15 is 0 Å². The standard InChI is InChI=1S/C12H21N3O/c1-9(5-7-16-3)15-10(2)14-11-8-13-6-4-12(11)15/h9,13H,4-8H2,1-3H3. The summed E-state index contributed by atoms with van der Waals surface area (Å²) in [4.78, 5) is 4.64. The largest absolute Gasteiger partial charge is 0.385 e. The van der Waals surface area contributed by atoms with E-state index in [0.717, 1.165) is 38.4 Å². The third-order valence-corrected chi connectivity index (χ3v) is 3.28. The van der Waals surface area contributed by atoms with E-state index in [4.69, 9.17) is 4.74 Å². The second kappa shape index (κ2) is 4.97. The van der Waals surface area contributed by atoms with Crippen molar-refractivity contribution in [3.05, 3.63) is 17.2 Å². The van der Waals surface area contributed by atoms with Crippen LogP contribution >= 0.6 is 0 Å². The number of aryl methyl sites for hydroxylation is 1. The number of rotatable bonds is 4. The van der Waals surface area contributed by atoms with Gasteiger partial charge in [-0.25, -0.2) is 4.98 Å². The number of nitrogens with one attached hydrogen (secondary N) is 1. The summed E-state index contributed by atoms with van der Waals surface area (Å²) in [6, 6.07) is 0.481. The monoisotopic (exact) mass is 223 g/mol. The Kier molecular flexibility index (Phi) is 3.61. The number of fused-ring (bicyclic) bond motifs is 1. The zero-order valence-corrected chi connectivity index (χ0v) is 10.4. The molecule has 0 saturated heterocycles. The van der Waals surface area contributed by atoms with E-state index in [1.54, 1.807) is 7.11 Å². The molecule has 1 unspecified atom stereocenters. The van der Waals surface area contributed by atoms with Gasteiger partial charge in [-0.05, 0) is 20.3 Å². The molecule has 1 N–H and O–H groups in total. The van der Waals surface area contributed by atoms with Gasteiger partial charge in [0.05, 0.1) is 5.69 Å². The summed E-state index contributed by atoms with van der Waals surface area (Å²) in [6.45, 7) is 7.14. The van der Waals surface area contributed by atoms with Crippen molar-refractivity contribution in [1.82, 2.24) is 14.9 Å². The van der Waals surface area contributed by atoms with Crippen LogP contribution in [0.5, 0.6) is 0 Å². The fourth-order valence-electron chi connectivity index (χ4n) is 2.47. The maximum atomic E-state index is 5.15. The molecule has 4 nitrogen and oxygen atoms in total. The third-order valence-electron chi connectivity index (χ3n) is 3.28. The van der Waals surface area contributed by atoms with Crippen LogP contribution in [-0.2, 0) is 17.7 Å². The highest BCUT2D eigenvalue weighted by Gasteiger charge is 2.20. The molecule has 0 aliphatic carbocycles. The first-order valence-corrected chi connectivity index (χ1v) is 6.00. The molecule has 2 heterocycles. The lowest BCUT2D eigenvalue weighted by Gasteiger charge is -2.21. The minimum Gasteiger partial charge on any atom is -0.385 e. The van der Waals surface area contributed by atoms with E-state index in [2.05, 4.69) is 28.7 Å². The van der Waals surface area contributed by atoms with Crippen LogP contribution < -0.4 is 5.32 Å². The molecule has 16 heavy (non-hydrogen) atoms. The second-order valence-corrected chi connectivity index (χ2v) is 4.48. The average molecular weight is 223 g/mol. The van der Waals surface area contributed by atoms with E-state index in [1.165, 1.54) is 11.4 Å². The molecule has 1 aliphatic rings. The number of hydrogen-bond donors (Lipinski definition) is 1. The molecule has 2 rings (SSSR count). The lowest BCUT2D eigenvalue weighted by atomic mass is 10.1. The predicted octanol–water partition coefficient (Wildman–Crippen LogP) is 1.43. The summed E-state index contributed by atoms with van der Waals surface area (Å²) in [6.07, 6.45) is 2.14. The molecule has 1 aliphatic heterocycles. The van der Waals surface area contributed by atoms with E-state index in [0.29, 0.717) is 6.04 Å².